The van der Waals surface area contributed by atoms with E-state index >= 15 is 0 Å². The van der Waals surface area contributed by atoms with Crippen molar-refractivity contribution in [1.29, 1.82) is 0 Å². The largest absolute Gasteiger partial charge is 0.489 e. The number of carbonyl (C=O) groups excluding carboxylic acids is 1. The second kappa shape index (κ2) is 10.8. The lowest BCUT2D eigenvalue weighted by atomic mass is 10.2. The van der Waals surface area contributed by atoms with Crippen LogP contribution in [-0.4, -0.2) is 18.2 Å². The van der Waals surface area contributed by atoms with E-state index in [9.17, 15) is 4.79 Å². The second-order valence-corrected chi connectivity index (χ2v) is 7.76. The number of rotatable bonds is 8. The lowest BCUT2D eigenvalue weighted by Crippen LogP contribution is -2.33. The number of hydrazone groups is 1. The average molecular weight is 457 g/mol. The van der Waals surface area contributed by atoms with Gasteiger partial charge in [-0.25, -0.2) is 5.43 Å². The minimum atomic E-state index is -0.784. The van der Waals surface area contributed by atoms with Crippen LogP contribution in [0.1, 0.15) is 23.6 Å². The van der Waals surface area contributed by atoms with Gasteiger partial charge in [-0.05, 0) is 67.4 Å². The highest BCUT2D eigenvalue weighted by Crippen LogP contribution is 2.28. The number of nitrogens with zero attached hydrogens (tertiary/aromatic N) is 1. The van der Waals surface area contributed by atoms with Crippen LogP contribution in [0.3, 0.4) is 0 Å². The van der Waals surface area contributed by atoms with Crippen molar-refractivity contribution in [2.75, 3.05) is 0 Å². The Kier molecular flexibility index (Phi) is 7.93. The number of hydrogen-bond acceptors (Lipinski definition) is 4. The molecule has 0 aliphatic rings. The third kappa shape index (κ3) is 7.02. The fourth-order valence-corrected chi connectivity index (χ4v) is 3.03. The summed E-state index contributed by atoms with van der Waals surface area (Å²) in [5.41, 5.74) is 5.59. The van der Waals surface area contributed by atoms with Crippen molar-refractivity contribution in [3.8, 4) is 11.5 Å². The highest BCUT2D eigenvalue weighted by Gasteiger charge is 2.15. The number of nitrogens with one attached hydrogen (secondary N) is 1. The third-order valence-corrected chi connectivity index (χ3v) is 4.89. The molecular weight excluding hydrogens is 435 g/mol. The van der Waals surface area contributed by atoms with Crippen molar-refractivity contribution in [3.63, 3.8) is 0 Å². The second-order valence-electron chi connectivity index (χ2n) is 6.91. The topological polar surface area (TPSA) is 59.9 Å². The van der Waals surface area contributed by atoms with Gasteiger partial charge in [-0.2, -0.15) is 5.10 Å². The van der Waals surface area contributed by atoms with Crippen molar-refractivity contribution in [1.82, 2.24) is 5.43 Å². The molecule has 3 aromatic rings. The minimum absolute atomic E-state index is 0.334. The molecule has 0 radical (unpaired) electrons. The summed E-state index contributed by atoms with van der Waals surface area (Å²) < 4.78 is 11.3. The van der Waals surface area contributed by atoms with E-state index in [2.05, 4.69) is 29.6 Å². The number of amides is 1. The molecule has 0 aliphatic heterocycles. The van der Waals surface area contributed by atoms with E-state index < -0.39 is 12.0 Å². The van der Waals surface area contributed by atoms with Crippen molar-refractivity contribution in [2.45, 2.75) is 26.6 Å². The molecule has 3 rings (SSSR count). The Balaban J connectivity index is 1.47. The summed E-state index contributed by atoms with van der Waals surface area (Å²) in [7, 11) is 0. The molecule has 3 aromatic carbocycles. The standard InChI is InChI=1S/C24H22Cl2N2O3/c1-16-3-5-19(6-4-16)15-30-21-10-7-18(8-11-21)14-27-28-24(29)17(2)31-23-12-9-20(25)13-22(23)26/h3-14,17H,15H2,1-2H3,(H,28,29)/b27-14-/t17-/m0/s1. The molecule has 0 aromatic heterocycles. The molecule has 1 N–H and O–H groups in total. The Morgan fingerprint density at radius 3 is 2.45 bits per heavy atom. The van der Waals surface area contributed by atoms with Gasteiger partial charge < -0.3 is 9.47 Å². The molecule has 31 heavy (non-hydrogen) atoms. The number of benzene rings is 3. The van der Waals surface area contributed by atoms with Crippen LogP contribution >= 0.6 is 23.2 Å². The van der Waals surface area contributed by atoms with Crippen LogP contribution in [-0.2, 0) is 11.4 Å². The minimum Gasteiger partial charge on any atom is -0.489 e. The molecule has 0 fully saturated rings. The number of aryl methyl sites for hydroxylation is 1. The number of hydrogen-bond donors (Lipinski definition) is 1. The van der Waals surface area contributed by atoms with Gasteiger partial charge in [0.15, 0.2) is 6.10 Å². The first-order valence-electron chi connectivity index (χ1n) is 9.64. The summed E-state index contributed by atoms with van der Waals surface area (Å²) in [5, 5.41) is 4.80. The molecule has 1 amide bonds. The predicted octanol–water partition coefficient (Wildman–Crippen LogP) is 5.80. The molecule has 0 bridgehead atoms. The van der Waals surface area contributed by atoms with Gasteiger partial charge in [0.2, 0.25) is 0 Å². The molecule has 1 atom stereocenters. The summed E-state index contributed by atoms with van der Waals surface area (Å²) in [6.45, 7) is 4.16. The highest BCUT2D eigenvalue weighted by molar-refractivity contribution is 6.35. The molecule has 0 unspecified atom stereocenters. The number of ether oxygens (including phenoxy) is 2. The van der Waals surface area contributed by atoms with Gasteiger partial charge in [0.1, 0.15) is 18.1 Å². The SMILES string of the molecule is Cc1ccc(COc2ccc(/C=N\NC(=O)[C@H](C)Oc3ccc(Cl)cc3Cl)cc2)cc1. The van der Waals surface area contributed by atoms with Crippen LogP contribution in [0.4, 0.5) is 0 Å². The Morgan fingerprint density at radius 2 is 1.77 bits per heavy atom. The lowest BCUT2D eigenvalue weighted by molar-refractivity contribution is -0.127. The molecule has 0 saturated carbocycles. The van der Waals surface area contributed by atoms with Crippen LogP contribution in [0.5, 0.6) is 11.5 Å². The zero-order valence-electron chi connectivity index (χ0n) is 17.1. The first-order valence-corrected chi connectivity index (χ1v) is 10.4. The van der Waals surface area contributed by atoms with Gasteiger partial charge >= 0.3 is 0 Å². The Hall–Kier alpha value is -3.02. The van der Waals surface area contributed by atoms with Crippen molar-refractivity contribution >= 4 is 35.3 Å². The van der Waals surface area contributed by atoms with E-state index in [1.165, 1.54) is 5.56 Å². The monoisotopic (exact) mass is 456 g/mol. The zero-order chi connectivity index (χ0) is 22.2. The van der Waals surface area contributed by atoms with Crippen molar-refractivity contribution in [3.05, 3.63) is 93.5 Å². The van der Waals surface area contributed by atoms with E-state index in [4.69, 9.17) is 32.7 Å². The van der Waals surface area contributed by atoms with Gasteiger partial charge in [0.25, 0.3) is 5.91 Å². The first-order chi connectivity index (χ1) is 14.9. The normalized spacial score (nSPS) is 11.9. The highest BCUT2D eigenvalue weighted by atomic mass is 35.5. The van der Waals surface area contributed by atoms with E-state index in [1.807, 2.05) is 36.4 Å². The summed E-state index contributed by atoms with van der Waals surface area (Å²) >= 11 is 11.9. The quantitative estimate of drug-likeness (QED) is 0.344. The van der Waals surface area contributed by atoms with Gasteiger partial charge in [0.05, 0.1) is 11.2 Å². The smallest absolute Gasteiger partial charge is 0.280 e. The van der Waals surface area contributed by atoms with E-state index in [1.54, 1.807) is 31.3 Å². The van der Waals surface area contributed by atoms with Crippen LogP contribution in [0.2, 0.25) is 10.0 Å². The zero-order valence-corrected chi connectivity index (χ0v) is 18.7. The summed E-state index contributed by atoms with van der Waals surface area (Å²) in [4.78, 5) is 12.2. The Labute approximate surface area is 191 Å². The Morgan fingerprint density at radius 1 is 1.06 bits per heavy atom. The van der Waals surface area contributed by atoms with E-state index in [0.29, 0.717) is 22.4 Å². The summed E-state index contributed by atoms with van der Waals surface area (Å²) in [5.74, 6) is 0.725. The maximum atomic E-state index is 12.2. The van der Waals surface area contributed by atoms with Gasteiger partial charge in [0, 0.05) is 5.02 Å². The van der Waals surface area contributed by atoms with E-state index in [0.717, 1.165) is 16.9 Å². The van der Waals surface area contributed by atoms with Gasteiger partial charge in [-0.1, -0.05) is 53.0 Å². The van der Waals surface area contributed by atoms with E-state index in [-0.39, 0.29) is 0 Å². The van der Waals surface area contributed by atoms with Gasteiger partial charge in [-0.3, -0.25) is 4.79 Å². The molecule has 0 aliphatic carbocycles. The van der Waals surface area contributed by atoms with Crippen molar-refractivity contribution in [2.24, 2.45) is 5.10 Å². The van der Waals surface area contributed by atoms with Crippen LogP contribution in [0, 0.1) is 6.92 Å². The molecule has 0 heterocycles. The predicted molar refractivity (Wildman–Crippen MR) is 124 cm³/mol. The molecule has 160 valence electrons. The lowest BCUT2D eigenvalue weighted by Gasteiger charge is -2.14. The molecule has 0 spiro atoms. The number of carbonyl (C=O) groups is 1. The fraction of sp³-hybridized carbons (Fsp3) is 0.167. The molecular formula is C24H22Cl2N2O3. The van der Waals surface area contributed by atoms with Crippen molar-refractivity contribution < 1.29 is 14.3 Å². The maximum absolute atomic E-state index is 12.2. The van der Waals surface area contributed by atoms with Gasteiger partial charge in [-0.15, -0.1) is 0 Å². The fourth-order valence-electron chi connectivity index (χ4n) is 2.58. The Bertz CT molecular complexity index is 1050. The van der Waals surface area contributed by atoms with Crippen LogP contribution in [0.15, 0.2) is 71.8 Å². The molecule has 7 heteroatoms. The summed E-state index contributed by atoms with van der Waals surface area (Å²) in [6.07, 6.45) is 0.761. The average Bonchev–Trinajstić information content (AvgIpc) is 2.76. The number of halogens is 2. The summed E-state index contributed by atoms with van der Waals surface area (Å²) in [6, 6.07) is 20.4. The molecule has 0 saturated heterocycles. The van der Waals surface area contributed by atoms with Crippen LogP contribution < -0.4 is 14.9 Å². The maximum Gasteiger partial charge on any atom is 0.280 e. The van der Waals surface area contributed by atoms with Crippen LogP contribution in [0.25, 0.3) is 0 Å². The first kappa shape index (κ1) is 22.7. The third-order valence-electron chi connectivity index (χ3n) is 4.36. The molecule has 5 nitrogen and oxygen atoms in total.